The average Bonchev–Trinajstić information content (AvgIpc) is 3.11. The highest BCUT2D eigenvalue weighted by Gasteiger charge is 2.10. The van der Waals surface area contributed by atoms with Gasteiger partial charge in [-0.2, -0.15) is 4.98 Å². The minimum atomic E-state index is -0.0144. The number of benzene rings is 2. The average molecular weight is 350 g/mol. The number of aromatic nitrogens is 2. The quantitative estimate of drug-likeness (QED) is 0.692. The first-order valence-electron chi connectivity index (χ1n) is 8.59. The standard InChI is InChI=1S/C20H22N4O2/c1-4-18(25)22-16-9-8-14(3)17(11-16)21-12-19-23-20(24-26-19)15-7-5-6-13(2)10-15/h5-11,21H,4,12H2,1-3H3,(H,22,25). The van der Waals surface area contributed by atoms with Crippen LogP contribution in [-0.2, 0) is 11.3 Å². The van der Waals surface area contributed by atoms with E-state index in [2.05, 4.69) is 20.8 Å². The van der Waals surface area contributed by atoms with E-state index in [-0.39, 0.29) is 5.91 Å². The molecule has 26 heavy (non-hydrogen) atoms. The Morgan fingerprint density at radius 1 is 1.15 bits per heavy atom. The number of nitrogens with one attached hydrogen (secondary N) is 2. The molecule has 0 aliphatic heterocycles. The molecule has 0 unspecified atom stereocenters. The van der Waals surface area contributed by atoms with Crippen molar-refractivity contribution < 1.29 is 9.32 Å². The monoisotopic (exact) mass is 350 g/mol. The lowest BCUT2D eigenvalue weighted by Gasteiger charge is -2.10. The van der Waals surface area contributed by atoms with Gasteiger partial charge in [-0.1, -0.05) is 41.9 Å². The Labute approximate surface area is 152 Å². The Hall–Kier alpha value is -3.15. The first-order chi connectivity index (χ1) is 12.5. The second-order valence-electron chi connectivity index (χ2n) is 6.17. The van der Waals surface area contributed by atoms with E-state index in [9.17, 15) is 4.79 Å². The zero-order chi connectivity index (χ0) is 18.5. The van der Waals surface area contributed by atoms with Gasteiger partial charge in [0, 0.05) is 23.4 Å². The van der Waals surface area contributed by atoms with Crippen LogP contribution >= 0.6 is 0 Å². The van der Waals surface area contributed by atoms with Crippen LogP contribution in [0.15, 0.2) is 47.0 Å². The maximum Gasteiger partial charge on any atom is 0.246 e. The van der Waals surface area contributed by atoms with E-state index in [1.807, 2.05) is 63.2 Å². The van der Waals surface area contributed by atoms with Gasteiger partial charge in [-0.25, -0.2) is 0 Å². The summed E-state index contributed by atoms with van der Waals surface area (Å²) in [5.41, 5.74) is 4.82. The van der Waals surface area contributed by atoms with E-state index >= 15 is 0 Å². The van der Waals surface area contributed by atoms with Crippen LogP contribution in [0.3, 0.4) is 0 Å². The predicted octanol–water partition coefficient (Wildman–Crippen LogP) is 4.31. The Balaban J connectivity index is 1.69. The maximum atomic E-state index is 11.6. The summed E-state index contributed by atoms with van der Waals surface area (Å²) in [6.45, 7) is 6.26. The molecule has 1 amide bonds. The second-order valence-corrected chi connectivity index (χ2v) is 6.17. The van der Waals surface area contributed by atoms with E-state index in [0.717, 1.165) is 28.1 Å². The molecule has 134 valence electrons. The van der Waals surface area contributed by atoms with Crippen molar-refractivity contribution >= 4 is 17.3 Å². The van der Waals surface area contributed by atoms with E-state index < -0.39 is 0 Å². The van der Waals surface area contributed by atoms with Crippen molar-refractivity contribution in [3.8, 4) is 11.4 Å². The molecule has 0 aliphatic rings. The van der Waals surface area contributed by atoms with Crippen LogP contribution in [0.4, 0.5) is 11.4 Å². The van der Waals surface area contributed by atoms with Gasteiger partial charge in [0.1, 0.15) is 0 Å². The normalized spacial score (nSPS) is 10.6. The number of amides is 1. The first-order valence-corrected chi connectivity index (χ1v) is 8.59. The van der Waals surface area contributed by atoms with Gasteiger partial charge in [0.25, 0.3) is 0 Å². The topological polar surface area (TPSA) is 80.0 Å². The lowest BCUT2D eigenvalue weighted by molar-refractivity contribution is -0.115. The van der Waals surface area contributed by atoms with Crippen LogP contribution in [-0.4, -0.2) is 16.0 Å². The number of carbonyl (C=O) groups excluding carboxylic acids is 1. The lowest BCUT2D eigenvalue weighted by Crippen LogP contribution is -2.10. The van der Waals surface area contributed by atoms with Crippen molar-refractivity contribution in [2.45, 2.75) is 33.7 Å². The summed E-state index contributed by atoms with van der Waals surface area (Å²) in [4.78, 5) is 16.0. The largest absolute Gasteiger partial charge is 0.376 e. The number of rotatable bonds is 6. The fraction of sp³-hybridized carbons (Fsp3) is 0.250. The Bertz CT molecular complexity index is 918. The molecule has 3 aromatic rings. The highest BCUT2D eigenvalue weighted by Crippen LogP contribution is 2.22. The van der Waals surface area contributed by atoms with Gasteiger partial charge in [-0.15, -0.1) is 0 Å². The highest BCUT2D eigenvalue weighted by atomic mass is 16.5. The van der Waals surface area contributed by atoms with Gasteiger partial charge in [0.05, 0.1) is 6.54 Å². The third kappa shape index (κ3) is 4.27. The molecule has 0 spiro atoms. The van der Waals surface area contributed by atoms with Crippen molar-refractivity contribution in [3.05, 3.63) is 59.5 Å². The highest BCUT2D eigenvalue weighted by molar-refractivity contribution is 5.91. The third-order valence-electron chi connectivity index (χ3n) is 4.02. The molecule has 1 aromatic heterocycles. The molecule has 0 aliphatic carbocycles. The van der Waals surface area contributed by atoms with Crippen molar-refractivity contribution in [1.29, 1.82) is 0 Å². The zero-order valence-corrected chi connectivity index (χ0v) is 15.2. The van der Waals surface area contributed by atoms with Gasteiger partial charge >= 0.3 is 0 Å². The van der Waals surface area contributed by atoms with Crippen molar-refractivity contribution in [2.24, 2.45) is 0 Å². The first kappa shape index (κ1) is 17.7. The van der Waals surface area contributed by atoms with Gasteiger partial charge < -0.3 is 15.2 Å². The molecule has 0 saturated carbocycles. The number of anilines is 2. The lowest BCUT2D eigenvalue weighted by atomic mass is 10.1. The number of carbonyl (C=O) groups is 1. The summed E-state index contributed by atoms with van der Waals surface area (Å²) in [6.07, 6.45) is 0.445. The Morgan fingerprint density at radius 2 is 2.00 bits per heavy atom. The number of aryl methyl sites for hydroxylation is 2. The minimum Gasteiger partial charge on any atom is -0.376 e. The molecule has 0 radical (unpaired) electrons. The summed E-state index contributed by atoms with van der Waals surface area (Å²) in [5, 5.41) is 10.2. The Kier molecular flexibility index (Phi) is 5.31. The summed E-state index contributed by atoms with van der Waals surface area (Å²) >= 11 is 0. The molecular formula is C20H22N4O2. The summed E-state index contributed by atoms with van der Waals surface area (Å²) < 4.78 is 5.34. The fourth-order valence-electron chi connectivity index (χ4n) is 2.54. The van der Waals surface area contributed by atoms with Crippen LogP contribution in [0.5, 0.6) is 0 Å². The predicted molar refractivity (Wildman–Crippen MR) is 102 cm³/mol. The molecule has 1 heterocycles. The summed E-state index contributed by atoms with van der Waals surface area (Å²) in [7, 11) is 0. The smallest absolute Gasteiger partial charge is 0.246 e. The van der Waals surface area contributed by atoms with Gasteiger partial charge in [-0.3, -0.25) is 4.79 Å². The number of nitrogens with zero attached hydrogens (tertiary/aromatic N) is 2. The second kappa shape index (κ2) is 7.82. The summed E-state index contributed by atoms with van der Waals surface area (Å²) in [5.74, 6) is 1.06. The zero-order valence-electron chi connectivity index (χ0n) is 15.2. The molecule has 3 rings (SSSR count). The van der Waals surface area contributed by atoms with Crippen LogP contribution in [0.1, 0.15) is 30.4 Å². The van der Waals surface area contributed by atoms with E-state index in [1.165, 1.54) is 0 Å². The van der Waals surface area contributed by atoms with Gasteiger partial charge in [-0.05, 0) is 37.6 Å². The molecule has 2 aromatic carbocycles. The summed E-state index contributed by atoms with van der Waals surface area (Å²) in [6, 6.07) is 13.7. The Morgan fingerprint density at radius 3 is 2.77 bits per heavy atom. The van der Waals surface area contributed by atoms with Crippen LogP contribution in [0.2, 0.25) is 0 Å². The SMILES string of the molecule is CCC(=O)Nc1ccc(C)c(NCc2nc(-c3cccc(C)c3)no2)c1. The van der Waals surface area contributed by atoms with Gasteiger partial charge in [0.2, 0.25) is 17.6 Å². The molecule has 2 N–H and O–H groups in total. The minimum absolute atomic E-state index is 0.0144. The molecule has 0 atom stereocenters. The van der Waals surface area contributed by atoms with E-state index in [1.54, 1.807) is 0 Å². The third-order valence-corrected chi connectivity index (χ3v) is 4.02. The van der Waals surface area contributed by atoms with Crippen molar-refractivity contribution in [2.75, 3.05) is 10.6 Å². The van der Waals surface area contributed by atoms with Gasteiger partial charge in [0.15, 0.2) is 0 Å². The molecule has 0 bridgehead atoms. The number of hydrogen-bond acceptors (Lipinski definition) is 5. The molecule has 0 saturated heterocycles. The van der Waals surface area contributed by atoms with E-state index in [0.29, 0.717) is 24.7 Å². The molecule has 0 fully saturated rings. The molecular weight excluding hydrogens is 328 g/mol. The van der Waals surface area contributed by atoms with Crippen molar-refractivity contribution in [3.63, 3.8) is 0 Å². The van der Waals surface area contributed by atoms with Crippen LogP contribution < -0.4 is 10.6 Å². The van der Waals surface area contributed by atoms with Crippen LogP contribution in [0, 0.1) is 13.8 Å². The van der Waals surface area contributed by atoms with Crippen LogP contribution in [0.25, 0.3) is 11.4 Å². The molecule has 6 nitrogen and oxygen atoms in total. The fourth-order valence-corrected chi connectivity index (χ4v) is 2.54. The molecule has 6 heteroatoms. The van der Waals surface area contributed by atoms with E-state index in [4.69, 9.17) is 4.52 Å². The van der Waals surface area contributed by atoms with Crippen molar-refractivity contribution in [1.82, 2.24) is 10.1 Å². The number of hydrogen-bond donors (Lipinski definition) is 2. The maximum absolute atomic E-state index is 11.6.